The van der Waals surface area contributed by atoms with Gasteiger partial charge in [-0.3, -0.25) is 9.78 Å². The number of carbonyl (C=O) groups excluding carboxylic acids is 1. The molecule has 1 amide bonds. The number of hydrogen-bond acceptors (Lipinski definition) is 6. The molecular weight excluding hydrogens is 285 g/mol. The Morgan fingerprint density at radius 1 is 1.41 bits per heavy atom. The molecule has 0 aliphatic carbocycles. The van der Waals surface area contributed by atoms with Gasteiger partial charge in [0.25, 0.3) is 5.91 Å². The first-order chi connectivity index (χ1) is 10.6. The zero-order valence-electron chi connectivity index (χ0n) is 11.6. The van der Waals surface area contributed by atoms with E-state index in [2.05, 4.69) is 15.5 Å². The minimum Gasteiger partial charge on any atom is -0.426 e. The number of benzene rings is 1. The lowest BCUT2D eigenvalue weighted by Crippen LogP contribution is -2.41. The molecule has 1 aliphatic heterocycles. The Labute approximate surface area is 126 Å². The van der Waals surface area contributed by atoms with Crippen LogP contribution >= 0.6 is 0 Å². The van der Waals surface area contributed by atoms with E-state index in [1.807, 2.05) is 30.3 Å². The fraction of sp³-hybridized carbons (Fsp3) is 0.214. The first-order valence-corrected chi connectivity index (χ1v) is 6.85. The molecule has 0 fully saturated rings. The largest absolute Gasteiger partial charge is 0.472 e. The van der Waals surface area contributed by atoms with Gasteiger partial charge >= 0.3 is 7.12 Å². The van der Waals surface area contributed by atoms with Crippen molar-refractivity contribution in [1.29, 1.82) is 0 Å². The average molecular weight is 299 g/mol. The molecule has 1 atom stereocenters. The van der Waals surface area contributed by atoms with Gasteiger partial charge < -0.3 is 20.2 Å². The molecule has 1 aliphatic rings. The van der Waals surface area contributed by atoms with Crippen LogP contribution in [0.4, 0.5) is 0 Å². The Morgan fingerprint density at radius 2 is 2.27 bits per heavy atom. The molecule has 0 bridgehead atoms. The van der Waals surface area contributed by atoms with Gasteiger partial charge in [-0.05, 0) is 18.2 Å². The number of rotatable bonds is 4. The number of nitrogens with zero attached hydrogens (tertiary/aromatic N) is 2. The topological polar surface area (TPSA) is 104 Å². The number of nitrogens with one attached hydrogen (secondary N) is 1. The maximum atomic E-state index is 11.8. The number of pyridine rings is 1. The minimum atomic E-state index is -1.58. The molecule has 7 nitrogen and oxygen atoms in total. The summed E-state index contributed by atoms with van der Waals surface area (Å²) in [5, 5.41) is 24.8. The molecule has 1 unspecified atom stereocenters. The second kappa shape index (κ2) is 6.12. The fourth-order valence-electron chi connectivity index (χ4n) is 2.25. The Hall–Kier alpha value is -2.45. The zero-order valence-corrected chi connectivity index (χ0v) is 11.6. The lowest BCUT2D eigenvalue weighted by molar-refractivity contribution is -0.130. The highest BCUT2D eigenvalue weighted by molar-refractivity contribution is 6.41. The van der Waals surface area contributed by atoms with Crippen molar-refractivity contribution in [2.75, 3.05) is 6.44 Å². The first kappa shape index (κ1) is 14.5. The van der Waals surface area contributed by atoms with E-state index in [9.17, 15) is 4.79 Å². The predicted molar refractivity (Wildman–Crippen MR) is 81.0 cm³/mol. The monoisotopic (exact) mass is 299 g/mol. The van der Waals surface area contributed by atoms with E-state index >= 15 is 0 Å². The summed E-state index contributed by atoms with van der Waals surface area (Å²) in [5.74, 6) is -0.422. The van der Waals surface area contributed by atoms with Gasteiger partial charge in [-0.25, -0.2) is 0 Å². The predicted octanol–water partition coefficient (Wildman–Crippen LogP) is -0.144. The van der Waals surface area contributed by atoms with Crippen LogP contribution in [-0.4, -0.2) is 46.3 Å². The SMILES string of the molecule is O=C(NCB(O)O)C1CC(c2ccc3ncccc3c2)=NO1. The number of hydrogen-bond donors (Lipinski definition) is 3. The highest BCUT2D eigenvalue weighted by Gasteiger charge is 2.29. The molecule has 0 saturated carbocycles. The molecule has 0 spiro atoms. The minimum absolute atomic E-state index is 0.240. The quantitative estimate of drug-likeness (QED) is 0.681. The van der Waals surface area contributed by atoms with Crippen LogP contribution in [0.25, 0.3) is 10.9 Å². The van der Waals surface area contributed by atoms with Crippen LogP contribution < -0.4 is 5.32 Å². The van der Waals surface area contributed by atoms with Gasteiger partial charge in [-0.2, -0.15) is 0 Å². The van der Waals surface area contributed by atoms with Gasteiger partial charge in [0.1, 0.15) is 0 Å². The molecular formula is C14H14BN3O4. The summed E-state index contributed by atoms with van der Waals surface area (Å²) in [5.41, 5.74) is 2.44. The van der Waals surface area contributed by atoms with Gasteiger partial charge in [0.05, 0.1) is 17.7 Å². The maximum absolute atomic E-state index is 11.8. The standard InChI is InChI=1S/C14H14BN3O4/c19-14(17-8-15(20)21)13-7-12(18-22-13)10-3-4-11-9(6-10)2-1-5-16-11/h1-6,13,20-21H,7-8H2,(H,17,19). The van der Waals surface area contributed by atoms with Crippen molar-refractivity contribution in [2.45, 2.75) is 12.5 Å². The van der Waals surface area contributed by atoms with Gasteiger partial charge in [0.2, 0.25) is 6.10 Å². The number of amides is 1. The van der Waals surface area contributed by atoms with Crippen LogP contribution in [0.1, 0.15) is 12.0 Å². The van der Waals surface area contributed by atoms with Crippen LogP contribution in [0.15, 0.2) is 41.7 Å². The number of carbonyl (C=O) groups is 1. The van der Waals surface area contributed by atoms with Gasteiger partial charge in [-0.15, -0.1) is 0 Å². The number of aromatic nitrogens is 1. The van der Waals surface area contributed by atoms with E-state index in [0.29, 0.717) is 12.1 Å². The number of fused-ring (bicyclic) bond motifs is 1. The molecule has 0 saturated heterocycles. The first-order valence-electron chi connectivity index (χ1n) is 6.85. The molecule has 1 aromatic heterocycles. The van der Waals surface area contributed by atoms with Gasteiger partial charge in [0.15, 0.2) is 0 Å². The molecule has 112 valence electrons. The summed E-state index contributed by atoms with van der Waals surface area (Å²) in [4.78, 5) is 21.2. The van der Waals surface area contributed by atoms with E-state index in [1.54, 1.807) is 6.20 Å². The van der Waals surface area contributed by atoms with Gasteiger partial charge in [-0.1, -0.05) is 17.3 Å². The van der Waals surface area contributed by atoms with Crippen LogP contribution in [0.3, 0.4) is 0 Å². The summed E-state index contributed by atoms with van der Waals surface area (Å²) in [7, 11) is -1.58. The van der Waals surface area contributed by atoms with Crippen molar-refractivity contribution < 1.29 is 19.7 Å². The Kier molecular flexibility index (Phi) is 4.03. The summed E-state index contributed by atoms with van der Waals surface area (Å²) >= 11 is 0. The van der Waals surface area contributed by atoms with Crippen LogP contribution in [-0.2, 0) is 9.63 Å². The fourth-order valence-corrected chi connectivity index (χ4v) is 2.25. The summed E-state index contributed by atoms with van der Waals surface area (Å²) in [6.45, 7) is 0. The number of oxime groups is 1. The molecule has 2 aromatic rings. The van der Waals surface area contributed by atoms with E-state index < -0.39 is 19.1 Å². The normalized spacial score (nSPS) is 17.0. The molecule has 1 aromatic carbocycles. The smallest absolute Gasteiger partial charge is 0.426 e. The molecule has 0 radical (unpaired) electrons. The van der Waals surface area contributed by atoms with Crippen molar-refractivity contribution in [1.82, 2.24) is 10.3 Å². The third-order valence-electron chi connectivity index (χ3n) is 3.36. The second-order valence-corrected chi connectivity index (χ2v) is 4.97. The molecule has 2 heterocycles. The maximum Gasteiger partial charge on any atom is 0.472 e. The molecule has 3 N–H and O–H groups in total. The van der Waals surface area contributed by atoms with Crippen molar-refractivity contribution in [3.8, 4) is 0 Å². The second-order valence-electron chi connectivity index (χ2n) is 4.97. The molecule has 3 rings (SSSR count). The van der Waals surface area contributed by atoms with Crippen molar-refractivity contribution in [3.63, 3.8) is 0 Å². The van der Waals surface area contributed by atoms with Crippen molar-refractivity contribution in [3.05, 3.63) is 42.1 Å². The van der Waals surface area contributed by atoms with Gasteiger partial charge in [0, 0.05) is 23.6 Å². The molecule has 22 heavy (non-hydrogen) atoms. The summed E-state index contributed by atoms with van der Waals surface area (Å²) < 4.78 is 0. The third kappa shape index (κ3) is 3.08. The van der Waals surface area contributed by atoms with Crippen LogP contribution in [0, 0.1) is 0 Å². The Bertz CT molecular complexity index is 735. The van der Waals surface area contributed by atoms with E-state index in [4.69, 9.17) is 14.9 Å². The van der Waals surface area contributed by atoms with Crippen LogP contribution in [0.5, 0.6) is 0 Å². The third-order valence-corrected chi connectivity index (χ3v) is 3.36. The Balaban J connectivity index is 1.69. The lowest BCUT2D eigenvalue weighted by atomic mass is 9.92. The summed E-state index contributed by atoms with van der Waals surface area (Å²) in [6.07, 6.45) is 1.07. The van der Waals surface area contributed by atoms with E-state index in [1.165, 1.54) is 0 Å². The highest BCUT2D eigenvalue weighted by atomic mass is 16.6. The highest BCUT2D eigenvalue weighted by Crippen LogP contribution is 2.20. The van der Waals surface area contributed by atoms with E-state index in [0.717, 1.165) is 16.5 Å². The van der Waals surface area contributed by atoms with Crippen LogP contribution in [0.2, 0.25) is 0 Å². The van der Waals surface area contributed by atoms with E-state index in [-0.39, 0.29) is 6.44 Å². The zero-order chi connectivity index (χ0) is 15.5. The summed E-state index contributed by atoms with van der Waals surface area (Å²) in [6, 6.07) is 9.53. The average Bonchev–Trinajstić information content (AvgIpc) is 3.02. The van der Waals surface area contributed by atoms with Crippen molar-refractivity contribution >= 4 is 29.6 Å². The molecule has 8 heteroatoms. The Morgan fingerprint density at radius 3 is 3.09 bits per heavy atom. The van der Waals surface area contributed by atoms with Crippen molar-refractivity contribution in [2.24, 2.45) is 5.16 Å². The lowest BCUT2D eigenvalue weighted by Gasteiger charge is -2.08.